The predicted molar refractivity (Wildman–Crippen MR) is 71.5 cm³/mol. The van der Waals surface area contributed by atoms with Crippen molar-refractivity contribution < 1.29 is 9.84 Å². The van der Waals surface area contributed by atoms with Crippen molar-refractivity contribution in [2.75, 3.05) is 7.11 Å². The van der Waals surface area contributed by atoms with Gasteiger partial charge in [0.05, 0.1) is 19.4 Å². The molecule has 0 bridgehead atoms. The Hall–Kier alpha value is -1.29. The Morgan fingerprint density at radius 3 is 3.06 bits per heavy atom. The van der Waals surface area contributed by atoms with Gasteiger partial charge in [-0.15, -0.1) is 0 Å². The largest absolute Gasteiger partial charge is 0.493 e. The minimum Gasteiger partial charge on any atom is -0.493 e. The molecular formula is C14H22N2O2. The van der Waals surface area contributed by atoms with E-state index in [1.165, 1.54) is 5.57 Å². The van der Waals surface area contributed by atoms with E-state index in [0.29, 0.717) is 0 Å². The Kier molecular flexibility index (Phi) is 4.42. The van der Waals surface area contributed by atoms with Crippen LogP contribution in [0.4, 0.5) is 0 Å². The fraction of sp³-hybridized carbons (Fsp3) is 0.643. The summed E-state index contributed by atoms with van der Waals surface area (Å²) in [5, 5.41) is 14.3. The van der Waals surface area contributed by atoms with E-state index in [1.807, 2.05) is 10.8 Å². The van der Waals surface area contributed by atoms with E-state index in [2.05, 4.69) is 12.0 Å². The zero-order valence-electron chi connectivity index (χ0n) is 11.2. The maximum absolute atomic E-state index is 9.90. The molecule has 1 heterocycles. The van der Waals surface area contributed by atoms with Gasteiger partial charge in [-0.1, -0.05) is 19.4 Å². The van der Waals surface area contributed by atoms with Crippen molar-refractivity contribution in [3.8, 4) is 5.75 Å². The smallest absolute Gasteiger partial charge is 0.164 e. The van der Waals surface area contributed by atoms with Gasteiger partial charge in [-0.3, -0.25) is 4.68 Å². The first kappa shape index (κ1) is 13.1. The third kappa shape index (κ3) is 2.75. The van der Waals surface area contributed by atoms with E-state index in [9.17, 15) is 5.11 Å². The van der Waals surface area contributed by atoms with Gasteiger partial charge in [-0.2, -0.15) is 5.10 Å². The van der Waals surface area contributed by atoms with Crippen LogP contribution in [0.25, 0.3) is 5.57 Å². The van der Waals surface area contributed by atoms with Crippen LogP contribution in [0.3, 0.4) is 0 Å². The third-order valence-electron chi connectivity index (χ3n) is 3.35. The van der Waals surface area contributed by atoms with Crippen molar-refractivity contribution >= 4 is 5.57 Å². The topological polar surface area (TPSA) is 47.3 Å². The van der Waals surface area contributed by atoms with E-state index in [4.69, 9.17) is 4.74 Å². The molecular weight excluding hydrogens is 228 g/mol. The zero-order valence-corrected chi connectivity index (χ0v) is 11.2. The normalized spacial score (nSPS) is 20.4. The van der Waals surface area contributed by atoms with Gasteiger partial charge in [-0.25, -0.2) is 0 Å². The fourth-order valence-corrected chi connectivity index (χ4v) is 2.49. The second-order valence-electron chi connectivity index (χ2n) is 4.79. The molecule has 100 valence electrons. The average molecular weight is 250 g/mol. The van der Waals surface area contributed by atoms with E-state index in [1.54, 1.807) is 13.3 Å². The maximum Gasteiger partial charge on any atom is 0.164 e. The molecule has 0 saturated heterocycles. The minimum absolute atomic E-state index is 0.336. The lowest BCUT2D eigenvalue weighted by Crippen LogP contribution is -2.06. The molecule has 0 amide bonds. The highest BCUT2D eigenvalue weighted by Gasteiger charge is 2.18. The molecule has 2 rings (SSSR count). The van der Waals surface area contributed by atoms with E-state index >= 15 is 0 Å². The van der Waals surface area contributed by atoms with E-state index in [0.717, 1.165) is 50.1 Å². The second kappa shape index (κ2) is 6.05. The summed E-state index contributed by atoms with van der Waals surface area (Å²) in [5.41, 5.74) is 2.21. The van der Waals surface area contributed by atoms with Crippen LogP contribution >= 0.6 is 0 Å². The summed E-state index contributed by atoms with van der Waals surface area (Å²) in [6.07, 6.45) is 8.47. The van der Waals surface area contributed by atoms with Gasteiger partial charge in [0.2, 0.25) is 0 Å². The van der Waals surface area contributed by atoms with Crippen LogP contribution in [0.15, 0.2) is 12.3 Å². The van der Waals surface area contributed by atoms with Gasteiger partial charge >= 0.3 is 0 Å². The van der Waals surface area contributed by atoms with Gasteiger partial charge in [0.1, 0.15) is 5.69 Å². The van der Waals surface area contributed by atoms with Crippen LogP contribution in [0.2, 0.25) is 0 Å². The summed E-state index contributed by atoms with van der Waals surface area (Å²) in [6.45, 7) is 3.01. The first-order valence-electron chi connectivity index (χ1n) is 6.75. The van der Waals surface area contributed by atoms with Crippen molar-refractivity contribution in [1.82, 2.24) is 9.78 Å². The van der Waals surface area contributed by atoms with Crippen LogP contribution in [0, 0.1) is 0 Å². The number of rotatable bonds is 4. The molecule has 1 aromatic rings. The molecule has 18 heavy (non-hydrogen) atoms. The Morgan fingerprint density at radius 1 is 1.50 bits per heavy atom. The van der Waals surface area contributed by atoms with Crippen molar-refractivity contribution in [2.45, 2.75) is 51.7 Å². The summed E-state index contributed by atoms with van der Waals surface area (Å²) >= 11 is 0. The standard InChI is InChI=1S/C14H22N2O2/c1-3-8-16-14(13(18-2)10-15-16)11-6-4-5-7-12(17)9-11/h9-10,12,17H,3-8H2,1-2H3. The van der Waals surface area contributed by atoms with Gasteiger partial charge in [0, 0.05) is 6.54 Å². The molecule has 1 N–H and O–H groups in total. The van der Waals surface area contributed by atoms with E-state index in [-0.39, 0.29) is 6.10 Å². The van der Waals surface area contributed by atoms with Crippen molar-refractivity contribution in [1.29, 1.82) is 0 Å². The van der Waals surface area contributed by atoms with Gasteiger partial charge in [-0.05, 0) is 31.3 Å². The van der Waals surface area contributed by atoms with Crippen LogP contribution in [-0.2, 0) is 6.54 Å². The first-order chi connectivity index (χ1) is 8.76. The van der Waals surface area contributed by atoms with Crippen LogP contribution in [-0.4, -0.2) is 28.1 Å². The van der Waals surface area contributed by atoms with Crippen molar-refractivity contribution in [2.24, 2.45) is 0 Å². The molecule has 0 aromatic carbocycles. The lowest BCUT2D eigenvalue weighted by Gasteiger charge is -2.11. The predicted octanol–water partition coefficient (Wildman–Crippen LogP) is 2.62. The van der Waals surface area contributed by atoms with Crippen LogP contribution in [0.1, 0.15) is 44.7 Å². The zero-order chi connectivity index (χ0) is 13.0. The highest BCUT2D eigenvalue weighted by molar-refractivity contribution is 5.68. The number of aliphatic hydroxyl groups excluding tert-OH is 1. The van der Waals surface area contributed by atoms with Crippen LogP contribution < -0.4 is 4.74 Å². The molecule has 1 aliphatic rings. The number of aromatic nitrogens is 2. The van der Waals surface area contributed by atoms with Gasteiger partial charge in [0.15, 0.2) is 5.75 Å². The molecule has 1 aromatic heterocycles. The Balaban J connectivity index is 2.37. The molecule has 0 fully saturated rings. The molecule has 0 saturated carbocycles. The summed E-state index contributed by atoms with van der Waals surface area (Å²) in [7, 11) is 1.67. The number of ether oxygens (including phenoxy) is 1. The molecule has 4 heteroatoms. The van der Waals surface area contributed by atoms with Crippen molar-refractivity contribution in [3.05, 3.63) is 18.0 Å². The van der Waals surface area contributed by atoms with Gasteiger partial charge < -0.3 is 9.84 Å². The number of hydrogen-bond acceptors (Lipinski definition) is 3. The average Bonchev–Trinajstić information content (AvgIpc) is 2.64. The first-order valence-corrected chi connectivity index (χ1v) is 6.75. The lowest BCUT2D eigenvalue weighted by molar-refractivity contribution is 0.211. The summed E-state index contributed by atoms with van der Waals surface area (Å²) < 4.78 is 7.38. The molecule has 0 radical (unpaired) electrons. The maximum atomic E-state index is 9.90. The number of allylic oxidation sites excluding steroid dienone is 1. The fourth-order valence-electron chi connectivity index (χ4n) is 2.49. The summed E-state index contributed by atoms with van der Waals surface area (Å²) in [6, 6.07) is 0. The molecule has 0 spiro atoms. The minimum atomic E-state index is -0.336. The number of methoxy groups -OCH3 is 1. The Labute approximate surface area is 108 Å². The molecule has 0 aliphatic heterocycles. The number of aryl methyl sites for hydroxylation is 1. The number of nitrogens with zero attached hydrogens (tertiary/aromatic N) is 2. The van der Waals surface area contributed by atoms with Gasteiger partial charge in [0.25, 0.3) is 0 Å². The Bertz CT molecular complexity index is 423. The van der Waals surface area contributed by atoms with E-state index < -0.39 is 0 Å². The number of hydrogen-bond donors (Lipinski definition) is 1. The third-order valence-corrected chi connectivity index (χ3v) is 3.35. The monoisotopic (exact) mass is 250 g/mol. The summed E-state index contributed by atoms with van der Waals surface area (Å²) in [5.74, 6) is 0.809. The highest BCUT2D eigenvalue weighted by Crippen LogP contribution is 2.32. The summed E-state index contributed by atoms with van der Waals surface area (Å²) in [4.78, 5) is 0. The molecule has 4 nitrogen and oxygen atoms in total. The number of aliphatic hydroxyl groups is 1. The molecule has 1 aliphatic carbocycles. The highest BCUT2D eigenvalue weighted by atomic mass is 16.5. The Morgan fingerprint density at radius 2 is 2.33 bits per heavy atom. The molecule has 1 atom stereocenters. The lowest BCUT2D eigenvalue weighted by atomic mass is 10.1. The SMILES string of the molecule is CCCn1ncc(OC)c1C1=CC(O)CCCC1. The second-order valence-corrected chi connectivity index (χ2v) is 4.79. The van der Waals surface area contributed by atoms with Crippen molar-refractivity contribution in [3.63, 3.8) is 0 Å². The van der Waals surface area contributed by atoms with Crippen LogP contribution in [0.5, 0.6) is 5.75 Å². The quantitative estimate of drug-likeness (QED) is 0.893. The molecule has 1 unspecified atom stereocenters.